The van der Waals surface area contributed by atoms with E-state index in [1.807, 2.05) is 0 Å². The summed E-state index contributed by atoms with van der Waals surface area (Å²) in [5.74, 6) is 0.647. The molecule has 3 atom stereocenters. The van der Waals surface area contributed by atoms with Gasteiger partial charge in [0, 0.05) is 18.8 Å². The van der Waals surface area contributed by atoms with E-state index in [-0.39, 0.29) is 5.97 Å². The first-order valence-electron chi connectivity index (χ1n) is 13.7. The zero-order valence-corrected chi connectivity index (χ0v) is 20.5. The molecule has 0 unspecified atom stereocenters. The number of carbonyl (C=O) groups is 1. The molecule has 0 amide bonds. The Hall–Kier alpha value is -0.570. The smallest absolute Gasteiger partial charge is 0.305 e. The van der Waals surface area contributed by atoms with Crippen LogP contribution in [0.4, 0.5) is 0 Å². The molecule has 30 heavy (non-hydrogen) atoms. The lowest BCUT2D eigenvalue weighted by molar-refractivity contribution is -0.947. The second-order valence-corrected chi connectivity index (χ2v) is 10.6. The van der Waals surface area contributed by atoms with Crippen LogP contribution in [-0.4, -0.2) is 43.2 Å². The third-order valence-electron chi connectivity index (χ3n) is 7.95. The molecule has 0 bridgehead atoms. The second kappa shape index (κ2) is 15.3. The lowest BCUT2D eigenvalue weighted by Crippen LogP contribution is -2.61. The molecule has 3 heteroatoms. The molecule has 0 spiro atoms. The van der Waals surface area contributed by atoms with E-state index in [1.54, 1.807) is 0 Å². The van der Waals surface area contributed by atoms with Crippen molar-refractivity contribution in [2.24, 2.45) is 5.92 Å². The molecular weight excluding hydrogens is 370 g/mol. The maximum absolute atomic E-state index is 12.2. The Morgan fingerprint density at radius 1 is 0.767 bits per heavy atom. The van der Waals surface area contributed by atoms with Crippen LogP contribution in [0, 0.1) is 5.92 Å². The van der Waals surface area contributed by atoms with Crippen LogP contribution >= 0.6 is 0 Å². The van der Waals surface area contributed by atoms with Gasteiger partial charge in [0.25, 0.3) is 0 Å². The second-order valence-electron chi connectivity index (χ2n) is 10.6. The molecule has 2 aliphatic heterocycles. The predicted molar refractivity (Wildman–Crippen MR) is 128 cm³/mol. The van der Waals surface area contributed by atoms with E-state index in [2.05, 4.69) is 14.0 Å². The molecule has 0 radical (unpaired) electrons. The van der Waals surface area contributed by atoms with Gasteiger partial charge in [0.2, 0.25) is 0 Å². The molecule has 3 nitrogen and oxygen atoms in total. The minimum atomic E-state index is 0.0497. The highest BCUT2D eigenvalue weighted by molar-refractivity contribution is 5.69. The molecule has 0 N–H and O–H groups in total. The van der Waals surface area contributed by atoms with E-state index >= 15 is 0 Å². The average Bonchev–Trinajstić information content (AvgIpc) is 2.75. The maximum atomic E-state index is 12.2. The van der Waals surface area contributed by atoms with Crippen LogP contribution in [-0.2, 0) is 9.53 Å². The summed E-state index contributed by atoms with van der Waals surface area (Å²) < 4.78 is 6.97. The van der Waals surface area contributed by atoms with Gasteiger partial charge in [0.15, 0.2) is 0 Å². The summed E-state index contributed by atoms with van der Waals surface area (Å²) in [5, 5.41) is 0. The Kier molecular flexibility index (Phi) is 13.1. The summed E-state index contributed by atoms with van der Waals surface area (Å²) in [6.45, 7) is 5.61. The Labute approximate surface area is 187 Å². The van der Waals surface area contributed by atoms with Gasteiger partial charge in [0.1, 0.15) is 0 Å². The number of hydrogen-bond acceptors (Lipinski definition) is 2. The quantitative estimate of drug-likeness (QED) is 0.147. The van der Waals surface area contributed by atoms with Crippen LogP contribution < -0.4 is 0 Å². The van der Waals surface area contributed by atoms with Crippen LogP contribution in [0.25, 0.3) is 0 Å². The molecule has 0 aliphatic carbocycles. The first-order valence-corrected chi connectivity index (χ1v) is 13.7. The van der Waals surface area contributed by atoms with Gasteiger partial charge in [-0.3, -0.25) is 4.79 Å². The molecule has 0 saturated carbocycles. The monoisotopic (exact) mass is 422 g/mol. The third-order valence-corrected chi connectivity index (χ3v) is 7.95. The van der Waals surface area contributed by atoms with Crippen LogP contribution in [0.5, 0.6) is 0 Å². The minimum absolute atomic E-state index is 0.0497. The van der Waals surface area contributed by atoms with Crippen molar-refractivity contribution >= 4 is 5.97 Å². The van der Waals surface area contributed by atoms with Gasteiger partial charge in [-0.1, -0.05) is 84.0 Å². The van der Waals surface area contributed by atoms with Crippen LogP contribution in [0.2, 0.25) is 0 Å². The van der Waals surface area contributed by atoms with Crippen molar-refractivity contribution in [2.45, 2.75) is 135 Å². The molecule has 0 aromatic heterocycles. The van der Waals surface area contributed by atoms with Gasteiger partial charge < -0.3 is 9.22 Å². The van der Waals surface area contributed by atoms with E-state index < -0.39 is 0 Å². The van der Waals surface area contributed by atoms with Gasteiger partial charge in [-0.25, -0.2) is 0 Å². The maximum Gasteiger partial charge on any atom is 0.305 e. The number of unbranched alkanes of at least 4 members (excludes halogenated alkanes) is 12. The number of hydrogen-bond donors (Lipinski definition) is 0. The normalized spacial score (nSPS) is 26.3. The Morgan fingerprint density at radius 2 is 1.33 bits per heavy atom. The highest BCUT2D eigenvalue weighted by atomic mass is 16.5. The molecule has 0 aromatic carbocycles. The zero-order valence-electron chi connectivity index (χ0n) is 20.5. The van der Waals surface area contributed by atoms with Crippen molar-refractivity contribution in [3.05, 3.63) is 0 Å². The molecule has 2 aliphatic rings. The van der Waals surface area contributed by atoms with Gasteiger partial charge in [-0.2, -0.15) is 0 Å². The van der Waals surface area contributed by atoms with E-state index in [9.17, 15) is 4.79 Å². The molecule has 2 heterocycles. The van der Waals surface area contributed by atoms with Crippen molar-refractivity contribution in [3.63, 3.8) is 0 Å². The first-order chi connectivity index (χ1) is 14.7. The summed E-state index contributed by atoms with van der Waals surface area (Å²) in [6, 6.07) is 0.733. The van der Waals surface area contributed by atoms with Crippen LogP contribution in [0.15, 0.2) is 0 Å². The zero-order chi connectivity index (χ0) is 21.5. The SMILES string of the molecule is CCCCCCCCCCCCCCCC(=O)OC[C@H]1CCC[N@@+]2(C)CCCC[C@@H]12. The van der Waals surface area contributed by atoms with Gasteiger partial charge in [-0.05, 0) is 32.1 Å². The summed E-state index contributed by atoms with van der Waals surface area (Å²) >= 11 is 0. The van der Waals surface area contributed by atoms with Crippen molar-refractivity contribution in [3.8, 4) is 0 Å². The van der Waals surface area contributed by atoms with Crippen molar-refractivity contribution in [1.82, 2.24) is 0 Å². The Bertz CT molecular complexity index is 448. The number of nitrogens with zero attached hydrogens (tertiary/aromatic N) is 1. The minimum Gasteiger partial charge on any atom is -0.465 e. The fraction of sp³-hybridized carbons (Fsp3) is 0.963. The first kappa shape index (κ1) is 25.7. The van der Waals surface area contributed by atoms with Crippen molar-refractivity contribution in [1.29, 1.82) is 0 Å². The number of ether oxygens (including phenoxy) is 1. The molecule has 176 valence electrons. The highest BCUT2D eigenvalue weighted by Gasteiger charge is 2.43. The number of carbonyl (C=O) groups excluding carboxylic acids is 1. The van der Waals surface area contributed by atoms with Gasteiger partial charge in [0.05, 0.1) is 32.8 Å². The molecular formula is C27H52NO2+. The van der Waals surface area contributed by atoms with Crippen molar-refractivity contribution < 1.29 is 14.0 Å². The largest absolute Gasteiger partial charge is 0.465 e. The average molecular weight is 423 g/mol. The van der Waals surface area contributed by atoms with E-state index in [4.69, 9.17) is 4.74 Å². The number of fused-ring (bicyclic) bond motifs is 1. The van der Waals surface area contributed by atoms with Gasteiger partial charge >= 0.3 is 5.97 Å². The molecule has 2 rings (SSSR count). The summed E-state index contributed by atoms with van der Waals surface area (Å²) in [7, 11) is 2.44. The Balaban J connectivity index is 1.41. The summed E-state index contributed by atoms with van der Waals surface area (Å²) in [4.78, 5) is 12.2. The number of piperidine rings is 2. The molecule has 2 fully saturated rings. The third kappa shape index (κ3) is 9.71. The lowest BCUT2D eigenvalue weighted by atomic mass is 9.82. The predicted octanol–water partition coefficient (Wildman–Crippen LogP) is 7.42. The summed E-state index contributed by atoms with van der Waals surface area (Å²) in [5.41, 5.74) is 0. The molecule has 0 aromatic rings. The fourth-order valence-electron chi connectivity index (χ4n) is 5.99. The van der Waals surface area contributed by atoms with E-state index in [0.717, 1.165) is 12.5 Å². The summed E-state index contributed by atoms with van der Waals surface area (Å²) in [6.07, 6.45) is 24.7. The number of quaternary nitrogens is 1. The van der Waals surface area contributed by atoms with E-state index in [1.165, 1.54) is 127 Å². The molecule has 2 saturated heterocycles. The van der Waals surface area contributed by atoms with Crippen LogP contribution in [0.3, 0.4) is 0 Å². The van der Waals surface area contributed by atoms with Crippen LogP contribution in [0.1, 0.15) is 129 Å². The van der Waals surface area contributed by atoms with E-state index in [0.29, 0.717) is 18.9 Å². The Morgan fingerprint density at radius 3 is 1.97 bits per heavy atom. The lowest BCUT2D eigenvalue weighted by Gasteiger charge is -2.51. The van der Waals surface area contributed by atoms with Crippen molar-refractivity contribution in [2.75, 3.05) is 26.7 Å². The fourth-order valence-corrected chi connectivity index (χ4v) is 5.99. The highest BCUT2D eigenvalue weighted by Crippen LogP contribution is 2.36. The topological polar surface area (TPSA) is 26.3 Å². The standard InChI is InChI=1S/C27H52NO2/c1-3-4-5-6-7-8-9-10-11-12-13-14-15-21-27(29)30-24-25-19-18-23-28(2)22-17-16-20-26(25)28/h25-26H,3-24H2,1-2H3/q+1/t25-,26+,28-/m1/s1. The number of esters is 1. The van der Waals surface area contributed by atoms with Gasteiger partial charge in [-0.15, -0.1) is 0 Å². The number of rotatable bonds is 16.